The van der Waals surface area contributed by atoms with Gasteiger partial charge in [-0.1, -0.05) is 0 Å². The van der Waals surface area contributed by atoms with Crippen LogP contribution < -0.4 is 24.4 Å². The average Bonchev–Trinajstić information content (AvgIpc) is 2.62. The standard InChI is InChI=1S/C20H22N2O3S/c1-4-24-14-7-5-13(6-8-14)22-19(26)21-17-12-20(22,2)25-18-10-9-15(23-3)11-16(17)18/h5-11,17H,4,12H2,1-3H3,(H,21,26)/t17-,20-/m0/s1. The second kappa shape index (κ2) is 6.36. The van der Waals surface area contributed by atoms with Crippen molar-refractivity contribution in [2.24, 2.45) is 0 Å². The first kappa shape index (κ1) is 17.0. The lowest BCUT2D eigenvalue weighted by atomic mass is 9.90. The number of hydrogen-bond donors (Lipinski definition) is 1. The molecule has 5 nitrogen and oxygen atoms in total. The molecular weight excluding hydrogens is 348 g/mol. The van der Waals surface area contributed by atoms with Gasteiger partial charge in [-0.05, 0) is 68.5 Å². The normalized spacial score (nSPS) is 23.6. The van der Waals surface area contributed by atoms with Crippen LogP contribution in [0.5, 0.6) is 17.2 Å². The number of thiocarbonyl (C=S) groups is 1. The minimum atomic E-state index is -0.554. The lowest BCUT2D eigenvalue weighted by Gasteiger charge is -2.52. The predicted molar refractivity (Wildman–Crippen MR) is 105 cm³/mol. The molecule has 2 aliphatic heterocycles. The maximum Gasteiger partial charge on any atom is 0.188 e. The summed E-state index contributed by atoms with van der Waals surface area (Å²) in [5.41, 5.74) is 1.50. The predicted octanol–water partition coefficient (Wildman–Crippen LogP) is 4.03. The molecule has 0 amide bonds. The third kappa shape index (κ3) is 2.74. The molecule has 2 aromatic carbocycles. The average molecular weight is 370 g/mol. The van der Waals surface area contributed by atoms with Crippen LogP contribution in [-0.2, 0) is 0 Å². The van der Waals surface area contributed by atoms with E-state index in [1.807, 2.05) is 54.3 Å². The van der Waals surface area contributed by atoms with Crippen molar-refractivity contribution in [1.82, 2.24) is 5.32 Å². The first-order valence-electron chi connectivity index (χ1n) is 8.74. The Balaban J connectivity index is 1.70. The Morgan fingerprint density at radius 3 is 2.65 bits per heavy atom. The fraction of sp³-hybridized carbons (Fsp3) is 0.350. The smallest absolute Gasteiger partial charge is 0.188 e. The van der Waals surface area contributed by atoms with E-state index in [1.54, 1.807) is 7.11 Å². The summed E-state index contributed by atoms with van der Waals surface area (Å²) in [6.45, 7) is 4.70. The minimum absolute atomic E-state index is 0.102. The minimum Gasteiger partial charge on any atom is -0.497 e. The van der Waals surface area contributed by atoms with Crippen molar-refractivity contribution in [2.75, 3.05) is 18.6 Å². The van der Waals surface area contributed by atoms with E-state index in [1.165, 1.54) is 0 Å². The monoisotopic (exact) mass is 370 g/mol. The molecular formula is C20H22N2O3S. The summed E-state index contributed by atoms with van der Waals surface area (Å²) < 4.78 is 17.3. The molecule has 0 spiro atoms. The third-order valence-electron chi connectivity index (χ3n) is 4.88. The molecule has 2 atom stereocenters. The van der Waals surface area contributed by atoms with E-state index in [0.29, 0.717) is 11.7 Å². The summed E-state index contributed by atoms with van der Waals surface area (Å²) in [7, 11) is 1.67. The summed E-state index contributed by atoms with van der Waals surface area (Å²) in [6, 6.07) is 13.9. The number of nitrogens with zero attached hydrogens (tertiary/aromatic N) is 1. The van der Waals surface area contributed by atoms with Crippen molar-refractivity contribution < 1.29 is 14.2 Å². The molecule has 6 heteroatoms. The molecule has 0 unspecified atom stereocenters. The second-order valence-corrected chi connectivity index (χ2v) is 7.04. The lowest BCUT2D eigenvalue weighted by molar-refractivity contribution is 0.0496. The SMILES string of the molecule is CCOc1ccc(N2C(=S)N[C@H]3C[C@]2(C)Oc2ccc(OC)cc23)cc1. The summed E-state index contributed by atoms with van der Waals surface area (Å²) in [4.78, 5) is 2.04. The van der Waals surface area contributed by atoms with Gasteiger partial charge in [0.05, 0.1) is 19.8 Å². The zero-order valence-corrected chi connectivity index (χ0v) is 15.9. The maximum atomic E-state index is 6.42. The van der Waals surface area contributed by atoms with Crippen molar-refractivity contribution in [1.29, 1.82) is 0 Å². The molecule has 2 aliphatic rings. The van der Waals surface area contributed by atoms with Gasteiger partial charge in [0.1, 0.15) is 17.2 Å². The summed E-state index contributed by atoms with van der Waals surface area (Å²) in [5, 5.41) is 4.11. The van der Waals surface area contributed by atoms with E-state index < -0.39 is 5.72 Å². The summed E-state index contributed by atoms with van der Waals surface area (Å²) >= 11 is 5.68. The maximum absolute atomic E-state index is 6.42. The Kier molecular flexibility index (Phi) is 4.15. The van der Waals surface area contributed by atoms with Gasteiger partial charge in [0.15, 0.2) is 10.8 Å². The Morgan fingerprint density at radius 2 is 1.96 bits per heavy atom. The van der Waals surface area contributed by atoms with Crippen molar-refractivity contribution in [3.05, 3.63) is 48.0 Å². The van der Waals surface area contributed by atoms with Crippen LogP contribution in [0.3, 0.4) is 0 Å². The summed E-state index contributed by atoms with van der Waals surface area (Å²) in [5.74, 6) is 2.52. The van der Waals surface area contributed by atoms with Crippen LogP contribution in [0.4, 0.5) is 5.69 Å². The van der Waals surface area contributed by atoms with Crippen LogP contribution in [0.1, 0.15) is 31.9 Å². The first-order valence-corrected chi connectivity index (χ1v) is 9.15. The quantitative estimate of drug-likeness (QED) is 0.820. The number of rotatable bonds is 4. The van der Waals surface area contributed by atoms with Gasteiger partial charge in [0.2, 0.25) is 0 Å². The van der Waals surface area contributed by atoms with Crippen LogP contribution in [0.2, 0.25) is 0 Å². The van der Waals surface area contributed by atoms with Crippen LogP contribution >= 0.6 is 12.2 Å². The molecule has 0 saturated carbocycles. The van der Waals surface area contributed by atoms with Gasteiger partial charge >= 0.3 is 0 Å². The highest BCUT2D eigenvalue weighted by Gasteiger charge is 2.48. The molecule has 136 valence electrons. The molecule has 2 bridgehead atoms. The molecule has 26 heavy (non-hydrogen) atoms. The van der Waals surface area contributed by atoms with Gasteiger partial charge in [-0.25, -0.2) is 0 Å². The fourth-order valence-electron chi connectivity index (χ4n) is 3.73. The van der Waals surface area contributed by atoms with E-state index in [-0.39, 0.29) is 6.04 Å². The van der Waals surface area contributed by atoms with Crippen LogP contribution in [0, 0.1) is 0 Å². The highest BCUT2D eigenvalue weighted by atomic mass is 32.1. The highest BCUT2D eigenvalue weighted by Crippen LogP contribution is 2.46. The fourth-order valence-corrected chi connectivity index (χ4v) is 4.17. The Labute approximate surface area is 158 Å². The van der Waals surface area contributed by atoms with Crippen molar-refractivity contribution in [3.8, 4) is 17.2 Å². The van der Waals surface area contributed by atoms with Gasteiger partial charge in [0.25, 0.3) is 0 Å². The number of benzene rings is 2. The molecule has 2 aromatic rings. The number of anilines is 1. The van der Waals surface area contributed by atoms with Crippen LogP contribution in [0.25, 0.3) is 0 Å². The van der Waals surface area contributed by atoms with Crippen LogP contribution in [-0.4, -0.2) is 24.6 Å². The number of ether oxygens (including phenoxy) is 3. The Bertz CT molecular complexity index is 839. The molecule has 4 rings (SSSR count). The zero-order chi connectivity index (χ0) is 18.3. The lowest BCUT2D eigenvalue weighted by Crippen LogP contribution is -2.65. The van der Waals surface area contributed by atoms with Crippen molar-refractivity contribution >= 4 is 23.0 Å². The number of hydrogen-bond acceptors (Lipinski definition) is 4. The number of fused-ring (bicyclic) bond motifs is 4. The van der Waals surface area contributed by atoms with Gasteiger partial charge in [-0.3, -0.25) is 4.90 Å². The molecule has 0 aromatic heterocycles. The highest BCUT2D eigenvalue weighted by molar-refractivity contribution is 7.80. The number of methoxy groups -OCH3 is 1. The van der Waals surface area contributed by atoms with Gasteiger partial charge < -0.3 is 19.5 Å². The molecule has 2 heterocycles. The Hall–Kier alpha value is -2.47. The van der Waals surface area contributed by atoms with E-state index in [9.17, 15) is 0 Å². The van der Waals surface area contributed by atoms with Gasteiger partial charge in [-0.15, -0.1) is 0 Å². The van der Waals surface area contributed by atoms with Gasteiger partial charge in [0, 0.05) is 17.7 Å². The molecule has 1 saturated heterocycles. The number of nitrogens with one attached hydrogen (secondary N) is 1. The Morgan fingerprint density at radius 1 is 1.23 bits per heavy atom. The first-order chi connectivity index (χ1) is 12.5. The zero-order valence-electron chi connectivity index (χ0n) is 15.1. The van der Waals surface area contributed by atoms with E-state index in [4.69, 9.17) is 26.4 Å². The second-order valence-electron chi connectivity index (χ2n) is 6.65. The van der Waals surface area contributed by atoms with Crippen molar-refractivity contribution in [2.45, 2.75) is 32.0 Å². The molecule has 0 aliphatic carbocycles. The van der Waals surface area contributed by atoms with Crippen LogP contribution in [0.15, 0.2) is 42.5 Å². The topological polar surface area (TPSA) is 43.0 Å². The summed E-state index contributed by atoms with van der Waals surface area (Å²) in [6.07, 6.45) is 0.778. The third-order valence-corrected chi connectivity index (χ3v) is 5.19. The molecule has 1 fully saturated rings. The van der Waals surface area contributed by atoms with E-state index in [0.717, 1.165) is 34.9 Å². The largest absolute Gasteiger partial charge is 0.497 e. The van der Waals surface area contributed by atoms with E-state index >= 15 is 0 Å². The van der Waals surface area contributed by atoms with Crippen molar-refractivity contribution in [3.63, 3.8) is 0 Å². The van der Waals surface area contributed by atoms with Gasteiger partial charge in [-0.2, -0.15) is 0 Å². The molecule has 1 N–H and O–H groups in total. The molecule has 0 radical (unpaired) electrons. The van der Waals surface area contributed by atoms with E-state index in [2.05, 4.69) is 12.2 Å².